The second kappa shape index (κ2) is 4.98. The highest BCUT2D eigenvalue weighted by atomic mass is 19.1. The molecule has 1 atom stereocenters. The number of halogens is 1. The van der Waals surface area contributed by atoms with Gasteiger partial charge >= 0.3 is 0 Å². The molecule has 0 spiro atoms. The number of nitrogens with zero attached hydrogens (tertiary/aromatic N) is 1. The Hall–Kier alpha value is -1.75. The molecule has 3 rings (SSSR count). The van der Waals surface area contributed by atoms with Crippen LogP contribution >= 0.6 is 0 Å². The van der Waals surface area contributed by atoms with E-state index in [-0.39, 0.29) is 36.0 Å². The van der Waals surface area contributed by atoms with Gasteiger partial charge in [-0.1, -0.05) is 18.2 Å². The van der Waals surface area contributed by atoms with Crippen LogP contribution < -0.4 is 5.32 Å². The van der Waals surface area contributed by atoms with E-state index in [0.717, 1.165) is 18.4 Å². The summed E-state index contributed by atoms with van der Waals surface area (Å²) in [6.07, 6.45) is 1.85. The van der Waals surface area contributed by atoms with Crippen LogP contribution in [0.25, 0.3) is 0 Å². The van der Waals surface area contributed by atoms with E-state index in [1.165, 1.54) is 18.0 Å². The lowest BCUT2D eigenvalue weighted by molar-refractivity contribution is -0.137. The number of carbonyl (C=O) groups is 2. The molecule has 1 N–H and O–H groups in total. The fourth-order valence-corrected chi connectivity index (χ4v) is 2.98. The zero-order valence-corrected chi connectivity index (χ0v) is 11.3. The molecule has 1 aliphatic carbocycles. The molecule has 0 radical (unpaired) electrons. The number of carbonyl (C=O) groups excluding carboxylic acids is 2. The summed E-state index contributed by atoms with van der Waals surface area (Å²) < 4.78 is 13.6. The summed E-state index contributed by atoms with van der Waals surface area (Å²) in [5.74, 6) is -0.261. The molecule has 1 saturated carbocycles. The van der Waals surface area contributed by atoms with E-state index in [1.807, 2.05) is 12.1 Å². The molecule has 106 valence electrons. The van der Waals surface area contributed by atoms with Crippen molar-refractivity contribution in [3.05, 3.63) is 35.6 Å². The first-order valence-corrected chi connectivity index (χ1v) is 6.87. The predicted octanol–water partition coefficient (Wildman–Crippen LogP) is 1.42. The molecule has 4 nitrogen and oxygen atoms in total. The molecule has 1 saturated heterocycles. The third kappa shape index (κ3) is 2.22. The molecule has 2 amide bonds. The van der Waals surface area contributed by atoms with E-state index in [2.05, 4.69) is 5.32 Å². The van der Waals surface area contributed by atoms with Gasteiger partial charge in [-0.25, -0.2) is 4.39 Å². The number of likely N-dealkylation sites (N-methyl/N-ethyl adjacent to an activating group) is 1. The van der Waals surface area contributed by atoms with Crippen molar-refractivity contribution in [3.8, 4) is 0 Å². The van der Waals surface area contributed by atoms with Crippen LogP contribution in [0.1, 0.15) is 30.7 Å². The molecule has 0 aromatic heterocycles. The number of amides is 2. The Morgan fingerprint density at radius 2 is 1.95 bits per heavy atom. The van der Waals surface area contributed by atoms with Crippen molar-refractivity contribution in [1.82, 2.24) is 10.2 Å². The Labute approximate surface area is 117 Å². The lowest BCUT2D eigenvalue weighted by Crippen LogP contribution is -2.48. The third-order valence-electron chi connectivity index (χ3n) is 4.30. The fourth-order valence-electron chi connectivity index (χ4n) is 2.98. The van der Waals surface area contributed by atoms with Gasteiger partial charge in [-0.3, -0.25) is 14.5 Å². The van der Waals surface area contributed by atoms with Gasteiger partial charge in [0.1, 0.15) is 5.82 Å². The monoisotopic (exact) mass is 276 g/mol. The van der Waals surface area contributed by atoms with Crippen molar-refractivity contribution in [2.24, 2.45) is 0 Å². The molecule has 1 aromatic carbocycles. The van der Waals surface area contributed by atoms with E-state index in [9.17, 15) is 14.0 Å². The third-order valence-corrected chi connectivity index (χ3v) is 4.30. The first-order valence-electron chi connectivity index (χ1n) is 6.87. The van der Waals surface area contributed by atoms with Gasteiger partial charge in [0.15, 0.2) is 0 Å². The Morgan fingerprint density at radius 3 is 2.55 bits per heavy atom. The van der Waals surface area contributed by atoms with Crippen LogP contribution in [0.5, 0.6) is 0 Å². The van der Waals surface area contributed by atoms with Crippen molar-refractivity contribution in [2.75, 3.05) is 7.05 Å². The summed E-state index contributed by atoms with van der Waals surface area (Å²) in [7, 11) is 1.51. The zero-order valence-electron chi connectivity index (χ0n) is 11.3. The standard InChI is InChI=1S/C15H17FN2O2/c1-18-14(19)8-13(15(18)20)17-10-6-9(7-10)11-4-2-3-5-12(11)16/h2-5,9-10,13,17H,6-8H2,1H3. The van der Waals surface area contributed by atoms with E-state index in [0.29, 0.717) is 0 Å². The van der Waals surface area contributed by atoms with Crippen LogP contribution in [-0.2, 0) is 9.59 Å². The minimum Gasteiger partial charge on any atom is -0.303 e. The van der Waals surface area contributed by atoms with Crippen molar-refractivity contribution < 1.29 is 14.0 Å². The van der Waals surface area contributed by atoms with Gasteiger partial charge in [0.05, 0.1) is 12.5 Å². The van der Waals surface area contributed by atoms with E-state index < -0.39 is 6.04 Å². The number of hydrogen-bond acceptors (Lipinski definition) is 3. The normalized spacial score (nSPS) is 29.7. The van der Waals surface area contributed by atoms with Crippen molar-refractivity contribution in [1.29, 1.82) is 0 Å². The van der Waals surface area contributed by atoms with Crippen LogP contribution in [0.2, 0.25) is 0 Å². The molecular formula is C15H17FN2O2. The highest BCUT2D eigenvalue weighted by Crippen LogP contribution is 2.38. The average Bonchev–Trinajstić information content (AvgIpc) is 2.62. The average molecular weight is 276 g/mol. The summed E-state index contributed by atoms with van der Waals surface area (Å²) in [6, 6.07) is 6.60. The zero-order chi connectivity index (χ0) is 14.3. The molecule has 2 fully saturated rings. The van der Waals surface area contributed by atoms with Crippen LogP contribution in [-0.4, -0.2) is 35.8 Å². The summed E-state index contributed by atoms with van der Waals surface area (Å²) in [6.45, 7) is 0. The number of hydrogen-bond donors (Lipinski definition) is 1. The smallest absolute Gasteiger partial charge is 0.246 e. The quantitative estimate of drug-likeness (QED) is 0.849. The maximum absolute atomic E-state index is 13.6. The van der Waals surface area contributed by atoms with Crippen LogP contribution in [0.3, 0.4) is 0 Å². The molecular weight excluding hydrogens is 259 g/mol. The van der Waals surface area contributed by atoms with Gasteiger partial charge in [-0.2, -0.15) is 0 Å². The largest absolute Gasteiger partial charge is 0.303 e. The van der Waals surface area contributed by atoms with Gasteiger partial charge in [-0.05, 0) is 30.4 Å². The summed E-state index contributed by atoms with van der Waals surface area (Å²) in [4.78, 5) is 24.4. The molecule has 1 heterocycles. The topological polar surface area (TPSA) is 49.4 Å². The minimum atomic E-state index is -0.404. The number of likely N-dealkylation sites (tertiary alicyclic amines) is 1. The van der Waals surface area contributed by atoms with Crippen molar-refractivity contribution in [3.63, 3.8) is 0 Å². The summed E-state index contributed by atoms with van der Waals surface area (Å²) in [5, 5.41) is 3.21. The van der Waals surface area contributed by atoms with Crippen LogP contribution in [0, 0.1) is 5.82 Å². The second-order valence-corrected chi connectivity index (χ2v) is 5.60. The highest BCUT2D eigenvalue weighted by molar-refractivity contribution is 6.05. The Bertz CT molecular complexity index is 555. The van der Waals surface area contributed by atoms with Crippen molar-refractivity contribution in [2.45, 2.75) is 37.3 Å². The Morgan fingerprint density at radius 1 is 1.25 bits per heavy atom. The summed E-state index contributed by atoms with van der Waals surface area (Å²) >= 11 is 0. The second-order valence-electron chi connectivity index (χ2n) is 5.60. The molecule has 5 heteroatoms. The first kappa shape index (κ1) is 13.2. The van der Waals surface area contributed by atoms with Gasteiger partial charge < -0.3 is 5.32 Å². The van der Waals surface area contributed by atoms with E-state index in [1.54, 1.807) is 6.07 Å². The number of rotatable bonds is 3. The first-order chi connectivity index (χ1) is 9.56. The van der Waals surface area contributed by atoms with Crippen LogP contribution in [0.4, 0.5) is 4.39 Å². The Kier molecular flexibility index (Phi) is 3.30. The van der Waals surface area contributed by atoms with Crippen LogP contribution in [0.15, 0.2) is 24.3 Å². The number of benzene rings is 1. The van der Waals surface area contributed by atoms with Gasteiger partial charge in [0, 0.05) is 13.1 Å². The van der Waals surface area contributed by atoms with Gasteiger partial charge in [0.2, 0.25) is 11.8 Å². The number of imide groups is 1. The molecule has 1 aliphatic heterocycles. The highest BCUT2D eigenvalue weighted by Gasteiger charge is 2.40. The van der Waals surface area contributed by atoms with E-state index >= 15 is 0 Å². The predicted molar refractivity (Wildman–Crippen MR) is 71.5 cm³/mol. The van der Waals surface area contributed by atoms with Gasteiger partial charge in [-0.15, -0.1) is 0 Å². The lowest BCUT2D eigenvalue weighted by atomic mass is 9.75. The summed E-state index contributed by atoms with van der Waals surface area (Å²) in [5.41, 5.74) is 0.747. The lowest BCUT2D eigenvalue weighted by Gasteiger charge is -2.37. The molecule has 2 aliphatic rings. The van der Waals surface area contributed by atoms with Crippen molar-refractivity contribution >= 4 is 11.8 Å². The molecule has 20 heavy (non-hydrogen) atoms. The SMILES string of the molecule is CN1C(=O)CC(NC2CC(c3ccccc3F)C2)C1=O. The maximum Gasteiger partial charge on any atom is 0.246 e. The molecule has 1 unspecified atom stereocenters. The molecule has 0 bridgehead atoms. The molecule has 1 aromatic rings. The Balaban J connectivity index is 1.56. The van der Waals surface area contributed by atoms with Gasteiger partial charge in [0.25, 0.3) is 0 Å². The minimum absolute atomic E-state index is 0.141. The van der Waals surface area contributed by atoms with E-state index in [4.69, 9.17) is 0 Å². The fraction of sp³-hybridized carbons (Fsp3) is 0.467. The maximum atomic E-state index is 13.6. The number of nitrogens with one attached hydrogen (secondary N) is 1.